The van der Waals surface area contributed by atoms with Gasteiger partial charge in [-0.1, -0.05) is 35.3 Å². The van der Waals surface area contributed by atoms with E-state index < -0.39 is 0 Å². The van der Waals surface area contributed by atoms with E-state index in [1.165, 1.54) is 12.1 Å². The lowest BCUT2D eigenvalue weighted by molar-refractivity contribution is 0.626. The summed E-state index contributed by atoms with van der Waals surface area (Å²) >= 11 is 12.3. The first-order valence-corrected chi connectivity index (χ1v) is 8.56. The van der Waals surface area contributed by atoms with E-state index in [-0.39, 0.29) is 11.4 Å². The first-order chi connectivity index (χ1) is 12.5. The van der Waals surface area contributed by atoms with Gasteiger partial charge in [0.25, 0.3) is 5.56 Å². The summed E-state index contributed by atoms with van der Waals surface area (Å²) in [6, 6.07) is 13.0. The highest BCUT2D eigenvalue weighted by atomic mass is 35.5. The van der Waals surface area contributed by atoms with E-state index in [0.717, 1.165) is 11.1 Å². The van der Waals surface area contributed by atoms with Gasteiger partial charge >= 0.3 is 0 Å². The first-order valence-electron chi connectivity index (χ1n) is 7.81. The summed E-state index contributed by atoms with van der Waals surface area (Å²) in [6.07, 6.45) is 1.56. The minimum atomic E-state index is -0.307. The van der Waals surface area contributed by atoms with Crippen molar-refractivity contribution in [2.45, 2.75) is 6.54 Å². The standard InChI is InChI=1S/C19H12Cl2FN3O/c20-14-8-16-17(9-15(14)21)25(10-11-3-5-12(22)6-4-11)18(24-16)13-2-1-7-23-19(13)26/h1-9H,10H2,(H,23,26). The fourth-order valence-corrected chi connectivity index (χ4v) is 3.17. The van der Waals surface area contributed by atoms with Crippen molar-refractivity contribution in [1.29, 1.82) is 0 Å². The molecule has 7 heteroatoms. The van der Waals surface area contributed by atoms with Gasteiger partial charge in [0.2, 0.25) is 0 Å². The van der Waals surface area contributed by atoms with E-state index in [0.29, 0.717) is 33.5 Å². The molecule has 2 aromatic carbocycles. The maximum absolute atomic E-state index is 13.2. The Morgan fingerprint density at radius 2 is 1.81 bits per heavy atom. The number of H-pyrrole nitrogens is 1. The van der Waals surface area contributed by atoms with Crippen LogP contribution in [0, 0.1) is 5.82 Å². The Bertz CT molecular complexity index is 1170. The monoisotopic (exact) mass is 387 g/mol. The molecule has 0 aliphatic rings. The van der Waals surface area contributed by atoms with E-state index in [9.17, 15) is 9.18 Å². The van der Waals surface area contributed by atoms with Crippen LogP contribution in [0.3, 0.4) is 0 Å². The zero-order valence-electron chi connectivity index (χ0n) is 13.3. The molecule has 0 spiro atoms. The van der Waals surface area contributed by atoms with Crippen LogP contribution in [0.4, 0.5) is 4.39 Å². The fraction of sp³-hybridized carbons (Fsp3) is 0.0526. The normalized spacial score (nSPS) is 11.2. The van der Waals surface area contributed by atoms with Crippen molar-refractivity contribution in [3.8, 4) is 11.4 Å². The second kappa shape index (κ2) is 6.59. The van der Waals surface area contributed by atoms with Crippen LogP contribution < -0.4 is 5.56 Å². The second-order valence-electron chi connectivity index (χ2n) is 5.82. The highest BCUT2D eigenvalue weighted by molar-refractivity contribution is 6.42. The van der Waals surface area contributed by atoms with Crippen LogP contribution in [0.5, 0.6) is 0 Å². The summed E-state index contributed by atoms with van der Waals surface area (Å²) in [5.41, 5.74) is 2.41. The van der Waals surface area contributed by atoms with Crippen molar-refractivity contribution in [3.05, 3.63) is 86.5 Å². The van der Waals surface area contributed by atoms with Gasteiger partial charge in [0, 0.05) is 12.7 Å². The SMILES string of the molecule is O=c1[nH]cccc1-c1nc2cc(Cl)c(Cl)cc2n1Cc1ccc(F)cc1. The number of nitrogens with one attached hydrogen (secondary N) is 1. The third-order valence-electron chi connectivity index (χ3n) is 4.10. The lowest BCUT2D eigenvalue weighted by Gasteiger charge is -2.09. The summed E-state index contributed by atoms with van der Waals surface area (Å²) < 4.78 is 15.1. The Hall–Kier alpha value is -2.63. The molecule has 0 aliphatic carbocycles. The van der Waals surface area contributed by atoms with Crippen LogP contribution in [0.25, 0.3) is 22.4 Å². The predicted molar refractivity (Wildman–Crippen MR) is 101 cm³/mol. The van der Waals surface area contributed by atoms with E-state index >= 15 is 0 Å². The molecular formula is C19H12Cl2FN3O. The summed E-state index contributed by atoms with van der Waals surface area (Å²) in [5, 5.41) is 0.784. The maximum atomic E-state index is 13.2. The van der Waals surface area contributed by atoms with Gasteiger partial charge in [0.1, 0.15) is 11.6 Å². The van der Waals surface area contributed by atoms with Gasteiger partial charge in [0.15, 0.2) is 0 Å². The van der Waals surface area contributed by atoms with Crippen molar-refractivity contribution in [3.63, 3.8) is 0 Å². The van der Waals surface area contributed by atoms with Crippen LogP contribution in [0.1, 0.15) is 5.56 Å². The van der Waals surface area contributed by atoms with Gasteiger partial charge in [-0.2, -0.15) is 0 Å². The third kappa shape index (κ3) is 3.00. The first kappa shape index (κ1) is 16.8. The fourth-order valence-electron chi connectivity index (χ4n) is 2.86. The number of halogens is 3. The van der Waals surface area contributed by atoms with Crippen molar-refractivity contribution in [2.24, 2.45) is 0 Å². The van der Waals surface area contributed by atoms with Gasteiger partial charge < -0.3 is 9.55 Å². The van der Waals surface area contributed by atoms with Crippen LogP contribution in [0.15, 0.2) is 59.5 Å². The molecule has 0 atom stereocenters. The number of rotatable bonds is 3. The average Bonchev–Trinajstić information content (AvgIpc) is 2.95. The van der Waals surface area contributed by atoms with E-state index in [4.69, 9.17) is 23.2 Å². The molecule has 1 N–H and O–H groups in total. The summed E-state index contributed by atoms with van der Waals surface area (Å²) in [6.45, 7) is 0.401. The minimum absolute atomic E-state index is 0.250. The number of pyridine rings is 1. The summed E-state index contributed by atoms with van der Waals surface area (Å²) in [5.74, 6) is 0.184. The lowest BCUT2D eigenvalue weighted by atomic mass is 10.2. The molecule has 0 bridgehead atoms. The lowest BCUT2D eigenvalue weighted by Crippen LogP contribution is -2.11. The van der Waals surface area contributed by atoms with Crippen molar-refractivity contribution >= 4 is 34.2 Å². The molecule has 0 saturated carbocycles. The molecule has 2 aromatic heterocycles. The molecule has 0 aliphatic heterocycles. The molecule has 0 fully saturated rings. The largest absolute Gasteiger partial charge is 0.328 e. The molecule has 4 rings (SSSR count). The predicted octanol–water partition coefficient (Wildman–Crippen LogP) is 4.89. The van der Waals surface area contributed by atoms with Crippen LogP contribution >= 0.6 is 23.2 Å². The Morgan fingerprint density at radius 3 is 2.54 bits per heavy atom. The number of nitrogens with zero attached hydrogens (tertiary/aromatic N) is 2. The number of hydrogen-bond acceptors (Lipinski definition) is 2. The Labute approximate surface area is 157 Å². The van der Waals surface area contributed by atoms with Crippen molar-refractivity contribution in [1.82, 2.24) is 14.5 Å². The number of fused-ring (bicyclic) bond motifs is 1. The third-order valence-corrected chi connectivity index (χ3v) is 4.83. The van der Waals surface area contributed by atoms with Crippen molar-refractivity contribution < 1.29 is 4.39 Å². The number of imidazole rings is 1. The zero-order chi connectivity index (χ0) is 18.3. The number of benzene rings is 2. The molecule has 4 aromatic rings. The quantitative estimate of drug-likeness (QED) is 0.544. The molecule has 130 valence electrons. The minimum Gasteiger partial charge on any atom is -0.328 e. The maximum Gasteiger partial charge on any atom is 0.258 e. The van der Waals surface area contributed by atoms with Crippen LogP contribution in [-0.2, 0) is 6.54 Å². The van der Waals surface area contributed by atoms with Gasteiger partial charge in [-0.15, -0.1) is 0 Å². The molecule has 0 amide bonds. The molecule has 26 heavy (non-hydrogen) atoms. The molecule has 0 radical (unpaired) electrons. The van der Waals surface area contributed by atoms with Gasteiger partial charge in [0.05, 0.1) is 26.6 Å². The molecule has 2 heterocycles. The summed E-state index contributed by atoms with van der Waals surface area (Å²) in [7, 11) is 0. The molecule has 0 unspecified atom stereocenters. The smallest absolute Gasteiger partial charge is 0.258 e. The number of hydrogen-bond donors (Lipinski definition) is 1. The Balaban J connectivity index is 1.96. The van der Waals surface area contributed by atoms with E-state index in [2.05, 4.69) is 9.97 Å². The van der Waals surface area contributed by atoms with Gasteiger partial charge in [-0.05, 0) is 42.0 Å². The highest BCUT2D eigenvalue weighted by Gasteiger charge is 2.17. The highest BCUT2D eigenvalue weighted by Crippen LogP contribution is 2.31. The van der Waals surface area contributed by atoms with Gasteiger partial charge in [-0.3, -0.25) is 4.79 Å². The Morgan fingerprint density at radius 1 is 1.08 bits per heavy atom. The van der Waals surface area contributed by atoms with Crippen LogP contribution in [-0.4, -0.2) is 14.5 Å². The van der Waals surface area contributed by atoms with E-state index in [1.807, 2.05) is 4.57 Å². The van der Waals surface area contributed by atoms with Crippen molar-refractivity contribution in [2.75, 3.05) is 0 Å². The molecular weight excluding hydrogens is 376 g/mol. The topological polar surface area (TPSA) is 50.7 Å². The molecule has 4 nitrogen and oxygen atoms in total. The average molecular weight is 388 g/mol. The Kier molecular flexibility index (Phi) is 4.26. The van der Waals surface area contributed by atoms with E-state index in [1.54, 1.807) is 42.6 Å². The number of aromatic nitrogens is 3. The number of aromatic amines is 1. The molecule has 0 saturated heterocycles. The zero-order valence-corrected chi connectivity index (χ0v) is 14.9. The second-order valence-corrected chi connectivity index (χ2v) is 6.63. The summed E-state index contributed by atoms with van der Waals surface area (Å²) in [4.78, 5) is 19.5. The van der Waals surface area contributed by atoms with Crippen LogP contribution in [0.2, 0.25) is 10.0 Å². The van der Waals surface area contributed by atoms with Gasteiger partial charge in [-0.25, -0.2) is 9.37 Å².